The number of fused-ring (bicyclic) bond motifs is 1. The van der Waals surface area contributed by atoms with Gasteiger partial charge in [0, 0.05) is 48.8 Å². The maximum atomic E-state index is 13.0. The van der Waals surface area contributed by atoms with Gasteiger partial charge in [0.05, 0.1) is 0 Å². The van der Waals surface area contributed by atoms with Gasteiger partial charge in [-0.1, -0.05) is 49.3 Å². The Hall–Kier alpha value is -2.45. The monoisotopic (exact) mass is 440 g/mol. The molecule has 1 aliphatic rings. The molecule has 1 aliphatic heterocycles. The zero-order valence-electron chi connectivity index (χ0n) is 18.6. The number of hydrogen-bond donors (Lipinski definition) is 2. The number of rotatable bonds is 8. The van der Waals surface area contributed by atoms with E-state index in [4.69, 9.17) is 0 Å². The molecule has 0 saturated carbocycles. The number of hydrogen-bond acceptors (Lipinski definition) is 6. The largest absolute Gasteiger partial charge is 0.361 e. The van der Waals surface area contributed by atoms with Crippen molar-refractivity contribution in [2.24, 2.45) is 0 Å². The zero-order valence-corrected chi connectivity index (χ0v) is 19.4. The number of H-pyrrole nitrogens is 1. The van der Waals surface area contributed by atoms with Crippen molar-refractivity contribution in [2.75, 3.05) is 31.6 Å². The van der Waals surface area contributed by atoms with Gasteiger partial charge in [0.2, 0.25) is 10.1 Å². The molecule has 3 aromatic rings. The van der Waals surface area contributed by atoms with Crippen molar-refractivity contribution in [1.82, 2.24) is 25.4 Å². The van der Waals surface area contributed by atoms with Crippen molar-refractivity contribution in [1.29, 1.82) is 0 Å². The molecule has 4 rings (SSSR count). The summed E-state index contributed by atoms with van der Waals surface area (Å²) in [5.41, 5.74) is 2.37. The zero-order chi connectivity index (χ0) is 21.8. The smallest absolute Gasteiger partial charge is 0.282 e. The Morgan fingerprint density at radius 3 is 2.97 bits per heavy atom. The lowest BCUT2D eigenvalue weighted by molar-refractivity contribution is 0.0933. The van der Waals surface area contributed by atoms with Crippen LogP contribution in [0.3, 0.4) is 0 Å². The Morgan fingerprint density at radius 1 is 1.32 bits per heavy atom. The fourth-order valence-corrected chi connectivity index (χ4v) is 4.93. The molecule has 0 bridgehead atoms. The van der Waals surface area contributed by atoms with Crippen LogP contribution in [0.4, 0.5) is 5.13 Å². The number of likely N-dealkylation sites (N-methyl/N-ethyl adjacent to an activating group) is 1. The van der Waals surface area contributed by atoms with Gasteiger partial charge in [0.15, 0.2) is 0 Å². The topological polar surface area (TPSA) is 77.1 Å². The minimum absolute atomic E-state index is 0.0719. The van der Waals surface area contributed by atoms with Crippen LogP contribution in [-0.4, -0.2) is 64.8 Å². The fraction of sp³-hybridized carbons (Fsp3) is 0.522. The molecule has 0 aliphatic carbocycles. The first-order valence-corrected chi connectivity index (χ1v) is 12.0. The van der Waals surface area contributed by atoms with Gasteiger partial charge in [-0.2, -0.15) is 0 Å². The quantitative estimate of drug-likeness (QED) is 0.559. The summed E-state index contributed by atoms with van der Waals surface area (Å²) in [5.74, 6) is -0.119. The number of carbonyl (C=O) groups is 1. The summed E-state index contributed by atoms with van der Waals surface area (Å²) >= 11 is 1.39. The molecule has 8 heteroatoms. The minimum atomic E-state index is -0.119. The number of nitrogens with one attached hydrogen (secondary N) is 2. The van der Waals surface area contributed by atoms with Crippen LogP contribution >= 0.6 is 11.3 Å². The summed E-state index contributed by atoms with van der Waals surface area (Å²) in [5, 5.41) is 14.3. The fourth-order valence-electron chi connectivity index (χ4n) is 4.15. The van der Waals surface area contributed by atoms with Crippen molar-refractivity contribution in [2.45, 2.75) is 51.6 Å². The number of piperazine rings is 1. The second kappa shape index (κ2) is 9.78. The van der Waals surface area contributed by atoms with E-state index in [1.807, 2.05) is 6.07 Å². The first-order chi connectivity index (χ1) is 15.0. The summed E-state index contributed by atoms with van der Waals surface area (Å²) < 4.78 is 0. The lowest BCUT2D eigenvalue weighted by Gasteiger charge is -2.37. The summed E-state index contributed by atoms with van der Waals surface area (Å²) in [7, 11) is 2.14. The summed E-state index contributed by atoms with van der Waals surface area (Å²) in [6, 6.07) is 8.84. The maximum absolute atomic E-state index is 13.0. The number of amides is 1. The number of aromatic nitrogens is 3. The highest BCUT2D eigenvalue weighted by molar-refractivity contribution is 7.17. The van der Waals surface area contributed by atoms with Gasteiger partial charge in [0.25, 0.3) is 5.91 Å². The first-order valence-electron chi connectivity index (χ1n) is 11.2. The third kappa shape index (κ3) is 5.07. The lowest BCUT2D eigenvalue weighted by Crippen LogP contribution is -2.50. The SMILES string of the molecule is CCCCC(Cc1c[nH]c2ccccc12)NC(=O)c1nnc(N2CCN(C)C(C)C2)s1. The number of benzene rings is 1. The van der Waals surface area contributed by atoms with E-state index in [-0.39, 0.29) is 11.9 Å². The van der Waals surface area contributed by atoms with E-state index < -0.39 is 0 Å². The summed E-state index contributed by atoms with van der Waals surface area (Å²) in [6.07, 6.45) is 5.99. The molecule has 2 atom stereocenters. The van der Waals surface area contributed by atoms with E-state index in [0.717, 1.165) is 56.0 Å². The van der Waals surface area contributed by atoms with E-state index >= 15 is 0 Å². The van der Waals surface area contributed by atoms with Gasteiger partial charge in [-0.3, -0.25) is 4.79 Å². The molecule has 1 aromatic carbocycles. The number of carbonyl (C=O) groups excluding carboxylic acids is 1. The molecule has 0 radical (unpaired) electrons. The van der Waals surface area contributed by atoms with Gasteiger partial charge < -0.3 is 20.1 Å². The van der Waals surface area contributed by atoms with Crippen LogP contribution in [0.5, 0.6) is 0 Å². The molecule has 1 amide bonds. The lowest BCUT2D eigenvalue weighted by atomic mass is 10.0. The molecule has 7 nitrogen and oxygen atoms in total. The van der Waals surface area contributed by atoms with Gasteiger partial charge >= 0.3 is 0 Å². The van der Waals surface area contributed by atoms with Crippen LogP contribution in [0.15, 0.2) is 30.5 Å². The Labute approximate surface area is 187 Å². The average Bonchev–Trinajstić information content (AvgIpc) is 3.42. The van der Waals surface area contributed by atoms with E-state index in [1.54, 1.807) is 0 Å². The van der Waals surface area contributed by atoms with E-state index in [0.29, 0.717) is 11.0 Å². The molecule has 2 N–H and O–H groups in total. The predicted molar refractivity (Wildman–Crippen MR) is 127 cm³/mol. The van der Waals surface area contributed by atoms with Crippen LogP contribution < -0.4 is 10.2 Å². The van der Waals surface area contributed by atoms with Gasteiger partial charge in [0.1, 0.15) is 0 Å². The molecule has 31 heavy (non-hydrogen) atoms. The number of nitrogens with zero attached hydrogens (tertiary/aromatic N) is 4. The Morgan fingerprint density at radius 2 is 2.16 bits per heavy atom. The summed E-state index contributed by atoms with van der Waals surface area (Å²) in [4.78, 5) is 20.9. The number of anilines is 1. The second-order valence-electron chi connectivity index (χ2n) is 8.54. The highest BCUT2D eigenvalue weighted by Crippen LogP contribution is 2.24. The van der Waals surface area contributed by atoms with Crippen molar-refractivity contribution in [3.05, 3.63) is 41.0 Å². The van der Waals surface area contributed by atoms with E-state index in [1.165, 1.54) is 22.3 Å². The van der Waals surface area contributed by atoms with Crippen molar-refractivity contribution >= 4 is 33.3 Å². The normalized spacial score (nSPS) is 18.4. The predicted octanol–water partition coefficient (Wildman–Crippen LogP) is 3.69. The van der Waals surface area contributed by atoms with Gasteiger partial charge in [-0.15, -0.1) is 10.2 Å². The molecule has 2 unspecified atom stereocenters. The number of unbranched alkanes of at least 4 members (excludes halogenated alkanes) is 1. The molecular weight excluding hydrogens is 408 g/mol. The van der Waals surface area contributed by atoms with Crippen molar-refractivity contribution in [3.8, 4) is 0 Å². The van der Waals surface area contributed by atoms with Crippen LogP contribution in [0, 0.1) is 0 Å². The first kappa shape index (κ1) is 21.8. The van der Waals surface area contributed by atoms with E-state index in [9.17, 15) is 4.79 Å². The molecule has 0 spiro atoms. The van der Waals surface area contributed by atoms with Crippen LogP contribution in [0.1, 0.15) is 48.5 Å². The third-order valence-electron chi connectivity index (χ3n) is 6.22. The molecule has 1 fully saturated rings. The Bertz CT molecular complexity index is 1010. The highest BCUT2D eigenvalue weighted by atomic mass is 32.1. The van der Waals surface area contributed by atoms with Crippen LogP contribution in [0.25, 0.3) is 10.9 Å². The van der Waals surface area contributed by atoms with Crippen molar-refractivity contribution in [3.63, 3.8) is 0 Å². The Balaban J connectivity index is 1.43. The molecule has 2 aromatic heterocycles. The van der Waals surface area contributed by atoms with Crippen LogP contribution in [-0.2, 0) is 6.42 Å². The Kier molecular flexibility index (Phi) is 6.87. The highest BCUT2D eigenvalue weighted by Gasteiger charge is 2.25. The van der Waals surface area contributed by atoms with Gasteiger partial charge in [-0.05, 0) is 38.4 Å². The van der Waals surface area contributed by atoms with Crippen molar-refractivity contribution < 1.29 is 4.79 Å². The van der Waals surface area contributed by atoms with E-state index in [2.05, 4.69) is 75.6 Å². The standard InChI is InChI=1S/C23H32N6OS/c1-4-5-8-18(13-17-14-24-20-10-7-6-9-19(17)20)25-21(30)22-26-27-23(31-22)29-12-11-28(3)16(2)15-29/h6-7,9-10,14,16,18,24H,4-5,8,11-13,15H2,1-3H3,(H,25,30). The molecule has 166 valence electrons. The third-order valence-corrected chi connectivity index (χ3v) is 7.20. The molecule has 1 saturated heterocycles. The molecule has 3 heterocycles. The van der Waals surface area contributed by atoms with Gasteiger partial charge in [-0.25, -0.2) is 0 Å². The average molecular weight is 441 g/mol. The minimum Gasteiger partial charge on any atom is -0.361 e. The maximum Gasteiger partial charge on any atom is 0.282 e. The summed E-state index contributed by atoms with van der Waals surface area (Å²) in [6.45, 7) is 7.21. The second-order valence-corrected chi connectivity index (χ2v) is 9.50. The van der Waals surface area contributed by atoms with Crippen LogP contribution in [0.2, 0.25) is 0 Å². The number of aromatic amines is 1. The number of para-hydroxylation sites is 1. The molecular formula is C23H32N6OS.